The Labute approximate surface area is 142 Å². The van der Waals surface area contributed by atoms with Crippen molar-refractivity contribution in [1.82, 2.24) is 0 Å². The first kappa shape index (κ1) is 14.5. The summed E-state index contributed by atoms with van der Waals surface area (Å²) in [5.74, 6) is 0.862. The van der Waals surface area contributed by atoms with E-state index in [4.69, 9.17) is 0 Å². The van der Waals surface area contributed by atoms with Gasteiger partial charge in [0.15, 0.2) is 18.9 Å². The quantitative estimate of drug-likeness (QED) is 0.539. The Kier molecular flexibility index (Phi) is 3.92. The van der Waals surface area contributed by atoms with Crippen molar-refractivity contribution in [1.29, 1.82) is 0 Å². The van der Waals surface area contributed by atoms with Crippen molar-refractivity contribution in [3.63, 3.8) is 0 Å². The van der Waals surface area contributed by atoms with Crippen LogP contribution in [0.1, 0.15) is 22.3 Å². The van der Waals surface area contributed by atoms with E-state index in [2.05, 4.69) is 84.2 Å². The van der Waals surface area contributed by atoms with Crippen LogP contribution < -0.4 is 4.57 Å². The van der Waals surface area contributed by atoms with Gasteiger partial charge in [-0.3, -0.25) is 0 Å². The van der Waals surface area contributed by atoms with Crippen LogP contribution in [0.15, 0.2) is 54.9 Å². The molecule has 4 rings (SSSR count). The van der Waals surface area contributed by atoms with Crippen molar-refractivity contribution in [3.8, 4) is 0 Å². The lowest BCUT2D eigenvalue weighted by Gasteiger charge is -2.05. The molecule has 0 spiro atoms. The number of pyridine rings is 1. The van der Waals surface area contributed by atoms with E-state index in [-0.39, 0.29) is 0 Å². The Morgan fingerprint density at radius 3 is 2.48 bits per heavy atom. The molecule has 0 saturated heterocycles. The highest BCUT2D eigenvalue weighted by molar-refractivity contribution is 7.80. The fraction of sp³-hybridized carbons (Fsp3) is 0.190. The second-order valence-corrected chi connectivity index (χ2v) is 6.53. The van der Waals surface area contributed by atoms with Crippen LogP contribution >= 0.6 is 12.6 Å². The Bertz CT molecular complexity index is 868. The van der Waals surface area contributed by atoms with Gasteiger partial charge in [0.2, 0.25) is 0 Å². The van der Waals surface area contributed by atoms with Gasteiger partial charge in [-0.1, -0.05) is 42.5 Å². The van der Waals surface area contributed by atoms with Gasteiger partial charge in [0, 0.05) is 17.9 Å². The van der Waals surface area contributed by atoms with Gasteiger partial charge in [-0.15, -0.1) is 0 Å². The molecule has 0 radical (unpaired) electrons. The molecular weight excluding hydrogens is 298 g/mol. The number of thiol groups is 1. The van der Waals surface area contributed by atoms with Gasteiger partial charge in [-0.05, 0) is 45.9 Å². The number of hydrogen-bond donors (Lipinski definition) is 1. The smallest absolute Gasteiger partial charge is 0.169 e. The maximum atomic E-state index is 4.27. The lowest BCUT2D eigenvalue weighted by atomic mass is 9.99. The van der Waals surface area contributed by atoms with Crippen molar-refractivity contribution < 1.29 is 4.57 Å². The van der Waals surface area contributed by atoms with E-state index in [1.54, 1.807) is 0 Å². The summed E-state index contributed by atoms with van der Waals surface area (Å²) in [5, 5.41) is 2.86. The minimum Gasteiger partial charge on any atom is -0.204 e. The number of aryl methyl sites for hydroxylation is 3. The predicted octanol–water partition coefficient (Wildman–Crippen LogP) is 4.33. The lowest BCUT2D eigenvalue weighted by Crippen LogP contribution is -2.33. The van der Waals surface area contributed by atoms with Crippen molar-refractivity contribution in [3.05, 3.63) is 77.1 Å². The van der Waals surface area contributed by atoms with Crippen LogP contribution in [0.25, 0.3) is 22.9 Å². The largest absolute Gasteiger partial charge is 0.204 e. The van der Waals surface area contributed by atoms with E-state index in [1.165, 1.54) is 45.9 Å². The molecule has 0 aliphatic heterocycles. The van der Waals surface area contributed by atoms with Gasteiger partial charge < -0.3 is 0 Å². The molecule has 1 nitrogen and oxygen atoms in total. The summed E-state index contributed by atoms with van der Waals surface area (Å²) in [4.78, 5) is 0. The Balaban J connectivity index is 1.68. The molecule has 1 aliphatic rings. The van der Waals surface area contributed by atoms with Gasteiger partial charge in [0.1, 0.15) is 0 Å². The number of aromatic nitrogens is 1. The average molecular weight is 318 g/mol. The number of hydrogen-bond acceptors (Lipinski definition) is 1. The van der Waals surface area contributed by atoms with Crippen LogP contribution in [0.4, 0.5) is 0 Å². The third kappa shape index (κ3) is 2.79. The van der Waals surface area contributed by atoms with Gasteiger partial charge in [-0.2, -0.15) is 12.6 Å². The van der Waals surface area contributed by atoms with Crippen LogP contribution in [0.3, 0.4) is 0 Å². The molecule has 1 aromatic heterocycles. The highest BCUT2D eigenvalue weighted by atomic mass is 32.1. The van der Waals surface area contributed by atoms with Gasteiger partial charge in [0.05, 0.1) is 0 Å². The molecule has 0 unspecified atom stereocenters. The van der Waals surface area contributed by atoms with Crippen molar-refractivity contribution in [2.24, 2.45) is 0 Å². The number of nitrogens with zero attached hydrogens (tertiary/aromatic N) is 1. The molecule has 0 fully saturated rings. The summed E-state index contributed by atoms with van der Waals surface area (Å²) in [6.07, 6.45) is 11.0. The summed E-state index contributed by atoms with van der Waals surface area (Å²) >= 11 is 4.27. The molecule has 0 amide bonds. The Morgan fingerprint density at radius 2 is 1.70 bits per heavy atom. The van der Waals surface area contributed by atoms with E-state index in [1.807, 2.05) is 0 Å². The molecule has 0 saturated carbocycles. The number of rotatable bonds is 4. The van der Waals surface area contributed by atoms with Crippen molar-refractivity contribution >= 4 is 35.6 Å². The highest BCUT2D eigenvalue weighted by Gasteiger charge is 2.14. The average Bonchev–Trinajstić information content (AvgIpc) is 3.01. The molecule has 2 heteroatoms. The summed E-state index contributed by atoms with van der Waals surface area (Å²) < 4.78 is 2.16. The predicted molar refractivity (Wildman–Crippen MR) is 101 cm³/mol. The molecule has 2 aromatic carbocycles. The summed E-state index contributed by atoms with van der Waals surface area (Å²) in [7, 11) is 0. The second kappa shape index (κ2) is 6.21. The third-order valence-corrected chi connectivity index (χ3v) is 4.84. The summed E-state index contributed by atoms with van der Waals surface area (Å²) in [6, 6.07) is 15.6. The fourth-order valence-electron chi connectivity index (χ4n) is 3.45. The van der Waals surface area contributed by atoms with Crippen LogP contribution in [-0.2, 0) is 19.4 Å². The fourth-order valence-corrected chi connectivity index (χ4v) is 3.68. The van der Waals surface area contributed by atoms with Crippen LogP contribution in [0.2, 0.25) is 0 Å². The topological polar surface area (TPSA) is 3.88 Å². The van der Waals surface area contributed by atoms with E-state index in [0.717, 1.165) is 12.3 Å². The molecule has 1 aliphatic carbocycles. The maximum Gasteiger partial charge on any atom is 0.169 e. The standard InChI is InChI=1S/C21H19NS/c23-15-14-22-12-10-16(11-13-22)4-5-17-6-7-19-9-8-18-2-1-3-20(17)21(18)19/h1-7,10-13H,8-9,14-15H2/p+1/b5-4+. The zero-order valence-electron chi connectivity index (χ0n) is 13.1. The molecular formula is C21H20NS+. The van der Waals surface area contributed by atoms with E-state index < -0.39 is 0 Å². The van der Waals surface area contributed by atoms with E-state index in [0.29, 0.717) is 0 Å². The lowest BCUT2D eigenvalue weighted by molar-refractivity contribution is -0.692. The zero-order valence-corrected chi connectivity index (χ0v) is 14.0. The summed E-state index contributed by atoms with van der Waals surface area (Å²) in [6.45, 7) is 0.946. The van der Waals surface area contributed by atoms with Crippen molar-refractivity contribution in [2.45, 2.75) is 19.4 Å². The maximum absolute atomic E-state index is 4.27. The first-order valence-electron chi connectivity index (χ1n) is 8.17. The third-order valence-electron chi connectivity index (χ3n) is 4.64. The minimum absolute atomic E-state index is 0.862. The van der Waals surface area contributed by atoms with E-state index in [9.17, 15) is 0 Å². The first-order valence-corrected chi connectivity index (χ1v) is 8.80. The zero-order chi connectivity index (χ0) is 15.6. The molecule has 0 atom stereocenters. The van der Waals surface area contributed by atoms with E-state index >= 15 is 0 Å². The SMILES string of the molecule is SCC[n+]1ccc(/C=C/c2ccc3c4c(cccc24)CC3)cc1. The second-order valence-electron chi connectivity index (χ2n) is 6.08. The Hall–Kier alpha value is -2.06. The molecule has 0 N–H and O–H groups in total. The van der Waals surface area contributed by atoms with Gasteiger partial charge >= 0.3 is 0 Å². The van der Waals surface area contributed by atoms with Crippen LogP contribution in [0, 0.1) is 0 Å². The molecule has 1 heterocycles. The first-order chi connectivity index (χ1) is 11.3. The molecule has 3 aromatic rings. The number of benzene rings is 2. The Morgan fingerprint density at radius 1 is 0.913 bits per heavy atom. The highest BCUT2D eigenvalue weighted by Crippen LogP contribution is 2.33. The minimum atomic E-state index is 0.862. The monoisotopic (exact) mass is 318 g/mol. The van der Waals surface area contributed by atoms with Gasteiger partial charge in [0.25, 0.3) is 0 Å². The summed E-state index contributed by atoms with van der Waals surface area (Å²) in [5.41, 5.74) is 5.53. The van der Waals surface area contributed by atoms with Gasteiger partial charge in [-0.25, -0.2) is 4.57 Å². The normalized spacial score (nSPS) is 13.3. The molecule has 23 heavy (non-hydrogen) atoms. The van der Waals surface area contributed by atoms with Crippen LogP contribution in [0.5, 0.6) is 0 Å². The van der Waals surface area contributed by atoms with Crippen LogP contribution in [-0.4, -0.2) is 5.75 Å². The molecule has 0 bridgehead atoms. The van der Waals surface area contributed by atoms with Crippen molar-refractivity contribution in [2.75, 3.05) is 5.75 Å². The molecule has 114 valence electrons.